The van der Waals surface area contributed by atoms with Gasteiger partial charge in [-0.3, -0.25) is 9.52 Å². The molecule has 26 heavy (non-hydrogen) atoms. The van der Waals surface area contributed by atoms with Gasteiger partial charge in [0, 0.05) is 5.69 Å². The summed E-state index contributed by atoms with van der Waals surface area (Å²) in [5, 5.41) is 3.25. The molecule has 2 rings (SSSR count). The molecule has 0 aromatic heterocycles. The number of carbonyl (C=O) groups is 1. The lowest BCUT2D eigenvalue weighted by Gasteiger charge is -2.20. The van der Waals surface area contributed by atoms with Crippen LogP contribution in [0.2, 0.25) is 5.02 Å². The van der Waals surface area contributed by atoms with Gasteiger partial charge >= 0.3 is 0 Å². The Labute approximate surface area is 159 Å². The van der Waals surface area contributed by atoms with Crippen LogP contribution in [0, 0.1) is 13.8 Å². The molecule has 0 aliphatic rings. The van der Waals surface area contributed by atoms with E-state index >= 15 is 0 Å². The van der Waals surface area contributed by atoms with E-state index in [0.29, 0.717) is 12.1 Å². The van der Waals surface area contributed by atoms with Gasteiger partial charge < -0.3 is 5.32 Å². The minimum Gasteiger partial charge on any atom is -0.345 e. The molecule has 0 fully saturated rings. The highest BCUT2D eigenvalue weighted by atomic mass is 35.5. The van der Waals surface area contributed by atoms with E-state index in [1.807, 2.05) is 32.9 Å². The summed E-state index contributed by atoms with van der Waals surface area (Å²) in [6.45, 7) is 6.03. The minimum atomic E-state index is -3.44. The number of halogens is 1. The van der Waals surface area contributed by atoms with Gasteiger partial charge in [-0.1, -0.05) is 42.3 Å². The highest BCUT2D eigenvalue weighted by Crippen LogP contribution is 2.25. The SMILES string of the molecule is CC[C@H](NC(=O)c1cc(NS(C)(=O)=O)ccc1Cl)c1ccc(C)cc1C. The van der Waals surface area contributed by atoms with Crippen molar-refractivity contribution in [1.29, 1.82) is 0 Å². The van der Waals surface area contributed by atoms with Gasteiger partial charge in [-0.2, -0.15) is 0 Å². The lowest BCUT2D eigenvalue weighted by molar-refractivity contribution is 0.0935. The van der Waals surface area contributed by atoms with Gasteiger partial charge in [0.25, 0.3) is 5.91 Å². The third kappa shape index (κ3) is 5.22. The Hall–Kier alpha value is -2.05. The molecule has 0 aliphatic heterocycles. The summed E-state index contributed by atoms with van der Waals surface area (Å²) in [7, 11) is -3.44. The Balaban J connectivity index is 2.28. The van der Waals surface area contributed by atoms with Crippen molar-refractivity contribution in [3.05, 3.63) is 63.7 Å². The van der Waals surface area contributed by atoms with E-state index in [9.17, 15) is 13.2 Å². The van der Waals surface area contributed by atoms with Crippen molar-refractivity contribution >= 4 is 33.2 Å². The van der Waals surface area contributed by atoms with Crippen LogP contribution in [-0.4, -0.2) is 20.6 Å². The second kappa shape index (κ2) is 8.10. The van der Waals surface area contributed by atoms with E-state index in [0.717, 1.165) is 22.9 Å². The highest BCUT2D eigenvalue weighted by molar-refractivity contribution is 7.92. The second-order valence-corrected chi connectivity index (χ2v) is 8.52. The number of nitrogens with one attached hydrogen (secondary N) is 2. The van der Waals surface area contributed by atoms with E-state index in [1.165, 1.54) is 18.2 Å². The van der Waals surface area contributed by atoms with Crippen molar-refractivity contribution < 1.29 is 13.2 Å². The van der Waals surface area contributed by atoms with Crippen molar-refractivity contribution in [2.75, 3.05) is 11.0 Å². The van der Waals surface area contributed by atoms with Crippen LogP contribution in [-0.2, 0) is 10.0 Å². The zero-order valence-electron chi connectivity index (χ0n) is 15.3. The molecule has 140 valence electrons. The number of carbonyl (C=O) groups excluding carboxylic acids is 1. The molecule has 0 spiro atoms. The van der Waals surface area contributed by atoms with E-state index < -0.39 is 10.0 Å². The van der Waals surface area contributed by atoms with Crippen LogP contribution in [0.3, 0.4) is 0 Å². The van der Waals surface area contributed by atoms with Gasteiger partial charge in [0.2, 0.25) is 10.0 Å². The normalized spacial score (nSPS) is 12.5. The number of anilines is 1. The Kier molecular flexibility index (Phi) is 6.31. The van der Waals surface area contributed by atoms with E-state index in [2.05, 4.69) is 16.1 Å². The monoisotopic (exact) mass is 394 g/mol. The maximum absolute atomic E-state index is 12.7. The molecule has 2 aromatic rings. The minimum absolute atomic E-state index is 0.161. The predicted octanol–water partition coefficient (Wildman–Crippen LogP) is 4.21. The third-order valence-electron chi connectivity index (χ3n) is 4.03. The van der Waals surface area contributed by atoms with Gasteiger partial charge in [0.1, 0.15) is 0 Å². The fourth-order valence-electron chi connectivity index (χ4n) is 2.83. The lowest BCUT2D eigenvalue weighted by Crippen LogP contribution is -2.29. The van der Waals surface area contributed by atoms with Crippen molar-refractivity contribution in [3.8, 4) is 0 Å². The van der Waals surface area contributed by atoms with Crippen LogP contribution in [0.5, 0.6) is 0 Å². The maximum atomic E-state index is 12.7. The summed E-state index contributed by atoms with van der Waals surface area (Å²) in [5.41, 5.74) is 3.84. The number of hydrogen-bond acceptors (Lipinski definition) is 3. The summed E-state index contributed by atoms with van der Waals surface area (Å²) >= 11 is 6.15. The molecule has 2 N–H and O–H groups in total. The van der Waals surface area contributed by atoms with E-state index in [4.69, 9.17) is 11.6 Å². The molecule has 7 heteroatoms. The van der Waals surface area contributed by atoms with Crippen LogP contribution in [0.1, 0.15) is 46.4 Å². The molecule has 0 radical (unpaired) electrons. The molecular formula is C19H23ClN2O3S. The number of amides is 1. The third-order valence-corrected chi connectivity index (χ3v) is 4.96. The molecular weight excluding hydrogens is 372 g/mol. The van der Waals surface area contributed by atoms with E-state index in [-0.39, 0.29) is 22.5 Å². The number of aryl methyl sites for hydroxylation is 2. The Morgan fingerprint density at radius 2 is 1.85 bits per heavy atom. The Bertz CT molecular complexity index is 926. The van der Waals surface area contributed by atoms with Crippen LogP contribution in [0.15, 0.2) is 36.4 Å². The van der Waals surface area contributed by atoms with Gasteiger partial charge in [-0.05, 0) is 49.6 Å². The molecule has 1 amide bonds. The summed E-state index contributed by atoms with van der Waals surface area (Å²) in [6, 6.07) is 10.4. The smallest absolute Gasteiger partial charge is 0.253 e. The summed E-state index contributed by atoms with van der Waals surface area (Å²) in [6.07, 6.45) is 1.77. The molecule has 5 nitrogen and oxygen atoms in total. The average molecular weight is 395 g/mol. The van der Waals surface area contributed by atoms with Gasteiger partial charge in [-0.25, -0.2) is 8.42 Å². The average Bonchev–Trinajstić information content (AvgIpc) is 2.53. The first kappa shape index (κ1) is 20.3. The topological polar surface area (TPSA) is 75.3 Å². The van der Waals surface area contributed by atoms with Crippen molar-refractivity contribution in [3.63, 3.8) is 0 Å². The fourth-order valence-corrected chi connectivity index (χ4v) is 3.59. The molecule has 1 atom stereocenters. The quantitative estimate of drug-likeness (QED) is 0.770. The summed E-state index contributed by atoms with van der Waals surface area (Å²) in [4.78, 5) is 12.7. The van der Waals surface area contributed by atoms with Crippen LogP contribution >= 0.6 is 11.6 Å². The van der Waals surface area contributed by atoms with Gasteiger partial charge in [-0.15, -0.1) is 0 Å². The van der Waals surface area contributed by atoms with Gasteiger partial charge in [0.05, 0.1) is 22.9 Å². The first-order valence-electron chi connectivity index (χ1n) is 8.26. The number of sulfonamides is 1. The second-order valence-electron chi connectivity index (χ2n) is 6.36. The van der Waals surface area contributed by atoms with Crippen molar-refractivity contribution in [1.82, 2.24) is 5.32 Å². The Morgan fingerprint density at radius 1 is 1.15 bits per heavy atom. The maximum Gasteiger partial charge on any atom is 0.253 e. The zero-order chi connectivity index (χ0) is 19.5. The predicted molar refractivity (Wildman–Crippen MR) is 106 cm³/mol. The van der Waals surface area contributed by atoms with Gasteiger partial charge in [0.15, 0.2) is 0 Å². The largest absolute Gasteiger partial charge is 0.345 e. The van der Waals surface area contributed by atoms with Crippen LogP contribution in [0.25, 0.3) is 0 Å². The van der Waals surface area contributed by atoms with Crippen molar-refractivity contribution in [2.45, 2.75) is 33.2 Å². The number of rotatable bonds is 6. The Morgan fingerprint density at radius 3 is 2.42 bits per heavy atom. The van der Waals surface area contributed by atoms with E-state index in [1.54, 1.807) is 0 Å². The van der Waals surface area contributed by atoms with Crippen molar-refractivity contribution in [2.24, 2.45) is 0 Å². The highest BCUT2D eigenvalue weighted by Gasteiger charge is 2.18. The first-order valence-corrected chi connectivity index (χ1v) is 10.5. The standard InChI is InChI=1S/C19H23ClN2O3S/c1-5-18(15-8-6-12(2)10-13(15)3)21-19(23)16-11-14(7-9-17(16)20)22-26(4,24)25/h6-11,18,22H,5H2,1-4H3,(H,21,23)/t18-/m0/s1. The molecule has 0 saturated heterocycles. The lowest BCUT2D eigenvalue weighted by atomic mass is 9.97. The summed E-state index contributed by atoms with van der Waals surface area (Å²) < 4.78 is 25.1. The molecule has 0 aliphatic carbocycles. The molecule has 0 unspecified atom stereocenters. The summed E-state index contributed by atoms with van der Waals surface area (Å²) in [5.74, 6) is -0.348. The first-order chi connectivity index (χ1) is 12.1. The number of hydrogen-bond donors (Lipinski definition) is 2. The van der Waals surface area contributed by atoms with Crippen LogP contribution < -0.4 is 10.0 Å². The molecule has 0 saturated carbocycles. The molecule has 0 bridgehead atoms. The van der Waals surface area contributed by atoms with Crippen LogP contribution in [0.4, 0.5) is 5.69 Å². The molecule has 0 heterocycles. The molecule has 2 aromatic carbocycles. The number of benzene rings is 2. The fraction of sp³-hybridized carbons (Fsp3) is 0.316. The zero-order valence-corrected chi connectivity index (χ0v) is 16.8.